The molecule has 0 spiro atoms. The van der Waals surface area contributed by atoms with Crippen LogP contribution in [0.1, 0.15) is 16.8 Å². The van der Waals surface area contributed by atoms with E-state index in [-0.39, 0.29) is 47.1 Å². The van der Waals surface area contributed by atoms with Gasteiger partial charge in [-0.25, -0.2) is 9.18 Å². The zero-order chi connectivity index (χ0) is 15.6. The van der Waals surface area contributed by atoms with Crippen LogP contribution in [0.5, 0.6) is 0 Å². The number of benzene rings is 1. The predicted molar refractivity (Wildman–Crippen MR) is 75.5 cm³/mol. The van der Waals surface area contributed by atoms with Crippen LogP contribution in [0.3, 0.4) is 0 Å². The summed E-state index contributed by atoms with van der Waals surface area (Å²) >= 11 is 3.10. The zero-order valence-electron chi connectivity index (χ0n) is 10.7. The molecule has 2 rings (SSSR count). The maximum atomic E-state index is 13.3. The molecule has 21 heavy (non-hydrogen) atoms. The van der Waals surface area contributed by atoms with Gasteiger partial charge in [0, 0.05) is 28.9 Å². The Morgan fingerprint density at radius 1 is 1.62 bits per heavy atom. The summed E-state index contributed by atoms with van der Waals surface area (Å²) in [5.74, 6) is -2.51. The fraction of sp³-hybridized carbons (Fsp3) is 0.333. The van der Waals surface area contributed by atoms with Crippen LogP contribution in [0.4, 0.5) is 10.1 Å². The molecule has 0 bridgehead atoms. The number of azide groups is 1. The summed E-state index contributed by atoms with van der Waals surface area (Å²) in [6.45, 7) is 0.377. The quantitative estimate of drug-likeness (QED) is 0.509. The highest BCUT2D eigenvalue weighted by molar-refractivity contribution is 9.10. The highest BCUT2D eigenvalue weighted by atomic mass is 79.9. The molecular weight excluding hydrogens is 347 g/mol. The van der Waals surface area contributed by atoms with Gasteiger partial charge in [0.2, 0.25) is 5.91 Å². The Morgan fingerprint density at radius 2 is 2.33 bits per heavy atom. The van der Waals surface area contributed by atoms with E-state index in [9.17, 15) is 19.1 Å². The van der Waals surface area contributed by atoms with Crippen LogP contribution < -0.4 is 4.90 Å². The van der Waals surface area contributed by atoms with E-state index in [0.717, 1.165) is 12.1 Å². The van der Waals surface area contributed by atoms with Crippen molar-refractivity contribution in [3.63, 3.8) is 0 Å². The maximum absolute atomic E-state index is 13.3. The maximum Gasteiger partial charge on any atom is 0.337 e. The number of anilines is 1. The van der Waals surface area contributed by atoms with Gasteiger partial charge in [0.05, 0.1) is 11.3 Å². The van der Waals surface area contributed by atoms with Crippen molar-refractivity contribution in [3.8, 4) is 0 Å². The molecule has 1 N–H and O–H groups in total. The number of carbonyl (C=O) groups is 2. The molecule has 0 radical (unpaired) electrons. The normalized spacial score (nSPS) is 17.7. The van der Waals surface area contributed by atoms with Crippen LogP contribution in [-0.4, -0.2) is 30.1 Å². The molecule has 1 atom stereocenters. The van der Waals surface area contributed by atoms with Crippen molar-refractivity contribution in [2.24, 2.45) is 11.0 Å². The van der Waals surface area contributed by atoms with E-state index in [1.54, 1.807) is 0 Å². The van der Waals surface area contributed by atoms with E-state index >= 15 is 0 Å². The van der Waals surface area contributed by atoms with Crippen molar-refractivity contribution < 1.29 is 19.1 Å². The summed E-state index contributed by atoms with van der Waals surface area (Å²) in [6.07, 6.45) is 0.155. The molecule has 1 aliphatic rings. The van der Waals surface area contributed by atoms with Gasteiger partial charge >= 0.3 is 5.97 Å². The Labute approximate surface area is 127 Å². The fourth-order valence-corrected chi connectivity index (χ4v) is 2.92. The minimum absolute atomic E-state index is 0.123. The highest BCUT2D eigenvalue weighted by Crippen LogP contribution is 2.35. The molecule has 1 aromatic carbocycles. The second-order valence-corrected chi connectivity index (χ2v) is 5.43. The van der Waals surface area contributed by atoms with Gasteiger partial charge in [-0.1, -0.05) is 5.11 Å². The zero-order valence-corrected chi connectivity index (χ0v) is 12.2. The van der Waals surface area contributed by atoms with E-state index in [4.69, 9.17) is 5.53 Å². The summed E-state index contributed by atoms with van der Waals surface area (Å²) in [6, 6.07) is 1.98. The van der Waals surface area contributed by atoms with Crippen molar-refractivity contribution in [1.82, 2.24) is 0 Å². The number of nitrogens with zero attached hydrogens (tertiary/aromatic N) is 4. The van der Waals surface area contributed by atoms with Crippen LogP contribution >= 0.6 is 15.9 Å². The molecule has 1 amide bonds. The monoisotopic (exact) mass is 356 g/mol. The lowest BCUT2D eigenvalue weighted by atomic mass is 10.1. The molecular formula is C12H10BrFN4O3. The van der Waals surface area contributed by atoms with Gasteiger partial charge in [-0.2, -0.15) is 0 Å². The summed E-state index contributed by atoms with van der Waals surface area (Å²) < 4.78 is 13.5. The van der Waals surface area contributed by atoms with Crippen LogP contribution in [-0.2, 0) is 4.79 Å². The first-order chi connectivity index (χ1) is 9.93. The average Bonchev–Trinajstić information content (AvgIpc) is 2.76. The van der Waals surface area contributed by atoms with Gasteiger partial charge in [0.25, 0.3) is 0 Å². The fourth-order valence-electron chi connectivity index (χ4n) is 2.28. The van der Waals surface area contributed by atoms with Gasteiger partial charge in [0.15, 0.2) is 0 Å². The van der Waals surface area contributed by atoms with E-state index in [2.05, 4.69) is 26.0 Å². The third-order valence-electron chi connectivity index (χ3n) is 3.14. The summed E-state index contributed by atoms with van der Waals surface area (Å²) in [4.78, 5) is 27.2. The lowest BCUT2D eigenvalue weighted by Gasteiger charge is -2.20. The molecule has 1 unspecified atom stereocenters. The number of carboxylic acids is 1. The second kappa shape index (κ2) is 6.11. The smallest absolute Gasteiger partial charge is 0.337 e. The minimum atomic E-state index is -1.32. The van der Waals surface area contributed by atoms with Gasteiger partial charge in [-0.05, 0) is 39.5 Å². The standard InChI is InChI=1S/C12H10BrFN4O3/c13-9-3-7(14)2-8(12(20)21)11(9)18-5-6(1-10(18)19)4-16-17-15/h2-3,6H,1,4-5H2,(H,20,21). The lowest BCUT2D eigenvalue weighted by Crippen LogP contribution is -2.27. The topological polar surface area (TPSA) is 106 Å². The number of rotatable bonds is 4. The summed E-state index contributed by atoms with van der Waals surface area (Å²) in [7, 11) is 0. The molecule has 7 nitrogen and oxygen atoms in total. The van der Waals surface area contributed by atoms with E-state index in [1.807, 2.05) is 0 Å². The van der Waals surface area contributed by atoms with Gasteiger partial charge in [0.1, 0.15) is 5.82 Å². The Hall–Kier alpha value is -2.12. The first-order valence-corrected chi connectivity index (χ1v) is 6.77. The van der Waals surface area contributed by atoms with Crippen LogP contribution in [0, 0.1) is 11.7 Å². The second-order valence-electron chi connectivity index (χ2n) is 4.58. The Kier molecular flexibility index (Phi) is 4.44. The molecule has 1 fully saturated rings. The largest absolute Gasteiger partial charge is 0.478 e. The number of carboxylic acid groups (broad SMARTS) is 1. The molecule has 0 aromatic heterocycles. The van der Waals surface area contributed by atoms with Crippen LogP contribution in [0.25, 0.3) is 10.4 Å². The molecule has 0 saturated carbocycles. The molecule has 110 valence electrons. The van der Waals surface area contributed by atoms with Gasteiger partial charge in [-0.3, -0.25) is 4.79 Å². The van der Waals surface area contributed by atoms with Crippen molar-refractivity contribution >= 4 is 33.5 Å². The van der Waals surface area contributed by atoms with Gasteiger partial charge < -0.3 is 10.0 Å². The third kappa shape index (κ3) is 3.14. The molecule has 1 aliphatic heterocycles. The lowest BCUT2D eigenvalue weighted by molar-refractivity contribution is -0.117. The van der Waals surface area contributed by atoms with Crippen molar-refractivity contribution in [2.75, 3.05) is 18.0 Å². The first-order valence-electron chi connectivity index (χ1n) is 5.97. The number of halogens is 2. The van der Waals surface area contributed by atoms with Crippen LogP contribution in [0.15, 0.2) is 21.7 Å². The van der Waals surface area contributed by atoms with E-state index in [0.29, 0.717) is 0 Å². The average molecular weight is 357 g/mol. The number of hydrogen-bond acceptors (Lipinski definition) is 3. The molecule has 1 heterocycles. The number of carbonyl (C=O) groups excluding carboxylic acids is 1. The van der Waals surface area contributed by atoms with Crippen molar-refractivity contribution in [2.45, 2.75) is 6.42 Å². The Bertz CT molecular complexity index is 660. The molecule has 1 saturated heterocycles. The van der Waals surface area contributed by atoms with Crippen molar-refractivity contribution in [1.29, 1.82) is 0 Å². The third-order valence-corrected chi connectivity index (χ3v) is 3.74. The Balaban J connectivity index is 2.40. The molecule has 1 aromatic rings. The van der Waals surface area contributed by atoms with Crippen LogP contribution in [0.2, 0.25) is 0 Å². The summed E-state index contributed by atoms with van der Waals surface area (Å²) in [5, 5.41) is 12.6. The first kappa shape index (κ1) is 15.3. The number of aromatic carboxylic acids is 1. The number of hydrogen-bond donors (Lipinski definition) is 1. The minimum Gasteiger partial charge on any atom is -0.478 e. The predicted octanol–water partition coefficient (Wildman–Crippen LogP) is 2.95. The van der Waals surface area contributed by atoms with E-state index < -0.39 is 11.8 Å². The molecule has 0 aliphatic carbocycles. The van der Waals surface area contributed by atoms with Crippen molar-refractivity contribution in [3.05, 3.63) is 38.4 Å². The number of amides is 1. The van der Waals surface area contributed by atoms with Gasteiger partial charge in [-0.15, -0.1) is 0 Å². The SMILES string of the molecule is [N-]=[N+]=NCC1CC(=O)N(c2c(Br)cc(F)cc2C(=O)O)C1. The van der Waals surface area contributed by atoms with E-state index in [1.165, 1.54) is 4.90 Å². The summed E-state index contributed by atoms with van der Waals surface area (Å²) in [5.41, 5.74) is 8.13. The highest BCUT2D eigenvalue weighted by Gasteiger charge is 2.33. The Morgan fingerprint density at radius 3 is 2.95 bits per heavy atom. The molecule has 9 heteroatoms.